The maximum absolute atomic E-state index is 14.9. The molecule has 15 nitrogen and oxygen atoms in total. The van der Waals surface area contributed by atoms with Crippen molar-refractivity contribution >= 4 is 41.5 Å². The van der Waals surface area contributed by atoms with Gasteiger partial charge in [-0.2, -0.15) is 0 Å². The second kappa shape index (κ2) is 14.8. The summed E-state index contributed by atoms with van der Waals surface area (Å²) in [6.07, 6.45) is -3.03. The number of hydrogen-bond donors (Lipinski definition) is 6. The van der Waals surface area contributed by atoms with E-state index < -0.39 is 75.9 Å². The van der Waals surface area contributed by atoms with Crippen LogP contribution in [0.3, 0.4) is 0 Å². The van der Waals surface area contributed by atoms with Gasteiger partial charge >= 0.3 is 12.2 Å². The summed E-state index contributed by atoms with van der Waals surface area (Å²) < 4.78 is 14.8. The van der Waals surface area contributed by atoms with Crippen LogP contribution in [0.4, 0.5) is 19.7 Å². The van der Waals surface area contributed by atoms with Crippen LogP contribution in [0.25, 0.3) is 0 Å². The number of primary amides is 2. The van der Waals surface area contributed by atoms with Crippen molar-refractivity contribution in [3.8, 4) is 0 Å². The molecule has 6 atom stereocenters. The van der Waals surface area contributed by atoms with Crippen molar-refractivity contribution in [2.24, 2.45) is 22.3 Å². The molecule has 2 heterocycles. The Bertz CT molecular complexity index is 2060. The molecule has 4 bridgehead atoms. The highest BCUT2D eigenvalue weighted by Gasteiger charge is 2.66. The smallest absolute Gasteiger partial charge is 0.411 e. The Morgan fingerprint density at radius 1 is 0.707 bits per heavy atom. The number of rotatable bonds is 11. The number of halogens is 1. The van der Waals surface area contributed by atoms with Crippen LogP contribution in [0, 0.1) is 16.6 Å². The zero-order valence-electron chi connectivity index (χ0n) is 32.4. The number of nitrogens with zero attached hydrogens (tertiary/aromatic N) is 3. The highest BCUT2D eigenvalue weighted by Crippen LogP contribution is 2.58. The fourth-order valence-corrected chi connectivity index (χ4v) is 11.3. The van der Waals surface area contributed by atoms with Gasteiger partial charge in [0.25, 0.3) is 11.8 Å². The van der Waals surface area contributed by atoms with E-state index in [4.69, 9.17) is 11.5 Å². The number of carboxylic acid groups (broad SMARTS) is 2. The van der Waals surface area contributed by atoms with Gasteiger partial charge in [-0.3, -0.25) is 39.6 Å². The Balaban J connectivity index is 1.48. The number of imide groups is 2. The Morgan fingerprint density at radius 2 is 1.12 bits per heavy atom. The zero-order valence-corrected chi connectivity index (χ0v) is 32.4. The molecule has 2 saturated heterocycles. The molecular formula is C42H48FN7O8. The molecule has 4 unspecified atom stereocenters. The Kier molecular flexibility index (Phi) is 10.3. The molecule has 6 amide bonds. The summed E-state index contributed by atoms with van der Waals surface area (Å²) in [4.78, 5) is 86.3. The number of likely N-dealkylation sites (tertiary alicyclic amines) is 2. The third-order valence-corrected chi connectivity index (χ3v) is 12.9. The van der Waals surface area contributed by atoms with Crippen LogP contribution >= 0.6 is 0 Å². The molecule has 2 aliphatic carbocycles. The Morgan fingerprint density at radius 3 is 1.50 bits per heavy atom. The lowest BCUT2D eigenvalue weighted by atomic mass is 9.57. The van der Waals surface area contributed by atoms with Crippen molar-refractivity contribution in [2.45, 2.75) is 88.6 Å². The van der Waals surface area contributed by atoms with E-state index in [0.717, 1.165) is 11.1 Å². The zero-order chi connectivity index (χ0) is 41.8. The molecule has 0 radical (unpaired) electrons. The lowest BCUT2D eigenvalue weighted by Crippen LogP contribution is -2.73. The van der Waals surface area contributed by atoms with E-state index >= 15 is 0 Å². The molecule has 4 aliphatic rings. The minimum absolute atomic E-state index is 0.201. The maximum Gasteiger partial charge on any atom is 0.411 e. The lowest BCUT2D eigenvalue weighted by Gasteiger charge is -2.60. The van der Waals surface area contributed by atoms with Crippen molar-refractivity contribution in [2.75, 3.05) is 18.0 Å². The van der Waals surface area contributed by atoms with Crippen molar-refractivity contribution in [1.29, 1.82) is 0 Å². The highest BCUT2D eigenvalue weighted by molar-refractivity contribution is 6.00. The van der Waals surface area contributed by atoms with Gasteiger partial charge in [0.05, 0.1) is 12.3 Å². The topological polar surface area (TPSA) is 229 Å². The Hall–Kier alpha value is -5.87. The molecule has 0 saturated carbocycles. The second-order valence-electron chi connectivity index (χ2n) is 16.6. The molecule has 7 rings (SSSR count). The number of amides is 6. The first-order chi connectivity index (χ1) is 27.5. The van der Waals surface area contributed by atoms with Gasteiger partial charge in [0, 0.05) is 42.4 Å². The van der Waals surface area contributed by atoms with Crippen LogP contribution in [0.2, 0.25) is 0 Å². The van der Waals surface area contributed by atoms with Gasteiger partial charge in [0.15, 0.2) is 0 Å². The molecule has 2 aliphatic heterocycles. The van der Waals surface area contributed by atoms with Gasteiger partial charge in [0.2, 0.25) is 11.8 Å². The van der Waals surface area contributed by atoms with Gasteiger partial charge in [-0.1, -0.05) is 62.4 Å². The fraction of sp³-hybridized carbons (Fsp3) is 0.429. The van der Waals surface area contributed by atoms with E-state index in [1.165, 1.54) is 12.1 Å². The molecule has 58 heavy (non-hydrogen) atoms. The molecule has 3 aromatic rings. The first-order valence-corrected chi connectivity index (χ1v) is 19.4. The summed E-state index contributed by atoms with van der Waals surface area (Å²) in [5.41, 5.74) is 8.76. The number of carbonyl (C=O) groups excluding carboxylic acids is 4. The fourth-order valence-electron chi connectivity index (χ4n) is 11.3. The average Bonchev–Trinajstić information content (AvgIpc) is 3.79. The molecule has 0 spiro atoms. The SMILES string of the molecule is CC1(CC(N)=O)Cc2cccc(c2)[C@@]1(C(=O)NC(=O)O)N1CCCC1N(c1ccc(F)cc1)C1CCCN1[C@]1(C(=O)NC(=O)O)c2cccc(c2)CC1(C)CC(N)=O. The van der Waals surface area contributed by atoms with Crippen LogP contribution in [0.15, 0.2) is 72.8 Å². The number of hydrogen-bond acceptors (Lipinski definition) is 9. The second-order valence-corrected chi connectivity index (χ2v) is 16.6. The van der Waals surface area contributed by atoms with Crippen LogP contribution in [-0.2, 0) is 43.1 Å². The molecule has 0 aromatic heterocycles. The maximum atomic E-state index is 14.9. The van der Waals surface area contributed by atoms with E-state index in [0.29, 0.717) is 42.5 Å². The summed E-state index contributed by atoms with van der Waals surface area (Å²) in [7, 11) is 0. The monoisotopic (exact) mass is 797 g/mol. The summed E-state index contributed by atoms with van der Waals surface area (Å²) in [5.74, 6) is -3.63. The number of benzene rings is 3. The van der Waals surface area contributed by atoms with E-state index in [1.54, 1.807) is 50.2 Å². The minimum Gasteiger partial charge on any atom is -0.465 e. The van der Waals surface area contributed by atoms with E-state index in [-0.39, 0.29) is 38.8 Å². The third-order valence-electron chi connectivity index (χ3n) is 12.9. The van der Waals surface area contributed by atoms with Crippen LogP contribution in [-0.4, -0.2) is 81.2 Å². The summed E-state index contributed by atoms with van der Waals surface area (Å²) >= 11 is 0. The quantitative estimate of drug-likeness (QED) is 0.164. The molecular weight excluding hydrogens is 750 g/mol. The average molecular weight is 798 g/mol. The number of anilines is 1. The normalized spacial score (nSPS) is 29.0. The van der Waals surface area contributed by atoms with E-state index in [9.17, 15) is 43.4 Å². The van der Waals surface area contributed by atoms with Crippen molar-refractivity contribution in [3.63, 3.8) is 0 Å². The molecule has 3 aromatic carbocycles. The predicted molar refractivity (Wildman–Crippen MR) is 208 cm³/mol. The van der Waals surface area contributed by atoms with Crippen molar-refractivity contribution < 1.29 is 43.4 Å². The molecule has 8 N–H and O–H groups in total. The summed E-state index contributed by atoms with van der Waals surface area (Å²) in [6.45, 7) is 4.03. The summed E-state index contributed by atoms with van der Waals surface area (Å²) in [5, 5.41) is 24.3. The largest absolute Gasteiger partial charge is 0.465 e. The number of carbonyl (C=O) groups is 6. The summed E-state index contributed by atoms with van der Waals surface area (Å²) in [6, 6.07) is 20.2. The van der Waals surface area contributed by atoms with Crippen molar-refractivity contribution in [3.05, 3.63) is 101 Å². The molecule has 16 heteroatoms. The highest BCUT2D eigenvalue weighted by atomic mass is 19.1. The first kappa shape index (κ1) is 40.3. The predicted octanol–water partition coefficient (Wildman–Crippen LogP) is 3.73. The Labute approximate surface area is 334 Å². The number of nitrogens with one attached hydrogen (secondary N) is 2. The third kappa shape index (κ3) is 6.34. The molecule has 2 fully saturated rings. The standard InChI is InChI=1S/C42H48FN7O8/c1-39(23-31(44)51)21-25-7-3-9-27(19-25)41(39,35(53)46-37(55)56)48-17-5-11-33(48)50(30-15-13-29(43)14-16-30)34-12-6-18-49(34)42(36(54)47-38(57)58)28-10-4-8-26(20-28)22-40(42,2)24-32(45)52/h3-4,7-10,13-16,19-20,33-34H,5-6,11-12,17-18,21-24H2,1-2H3,(H2,44,51)(H2,45,52)(H,46,53)(H,47,54)(H,55,56)(H,57,58)/t33?,34?,39?,40?,41-,42-/m0/s1. The lowest BCUT2D eigenvalue weighted by molar-refractivity contribution is -0.152. The van der Waals surface area contributed by atoms with Gasteiger partial charge in [-0.15, -0.1) is 0 Å². The van der Waals surface area contributed by atoms with Crippen LogP contribution in [0.1, 0.15) is 74.6 Å². The van der Waals surface area contributed by atoms with Crippen LogP contribution < -0.4 is 27.0 Å². The van der Waals surface area contributed by atoms with E-state index in [2.05, 4.69) is 10.6 Å². The minimum atomic E-state index is -1.80. The van der Waals surface area contributed by atoms with Gasteiger partial charge in [0.1, 0.15) is 16.9 Å². The molecule has 306 valence electrons. The van der Waals surface area contributed by atoms with E-state index in [1.807, 2.05) is 39.0 Å². The number of fused-ring (bicyclic) bond motifs is 4. The van der Waals surface area contributed by atoms with Crippen molar-refractivity contribution in [1.82, 2.24) is 20.4 Å². The van der Waals surface area contributed by atoms with Gasteiger partial charge in [-0.05, 0) is 85.0 Å². The van der Waals surface area contributed by atoms with Gasteiger partial charge in [-0.25, -0.2) is 14.0 Å². The first-order valence-electron chi connectivity index (χ1n) is 19.4. The van der Waals surface area contributed by atoms with Crippen LogP contribution in [0.5, 0.6) is 0 Å². The van der Waals surface area contributed by atoms with Gasteiger partial charge < -0.3 is 26.6 Å². The number of nitrogens with two attached hydrogens (primary N) is 2.